The summed E-state index contributed by atoms with van der Waals surface area (Å²) in [6.45, 7) is 9.89. The summed E-state index contributed by atoms with van der Waals surface area (Å²) in [6.07, 6.45) is 17.5. The Morgan fingerprint density at radius 3 is 0.800 bits per heavy atom. The van der Waals surface area contributed by atoms with Crippen LogP contribution in [0.25, 0.3) is 0 Å². The Bertz CT molecular complexity index is 370. The first kappa shape index (κ1) is 44.1. The second-order valence-electron chi connectivity index (χ2n) is 8.77. The molecule has 0 aliphatic heterocycles. The quantitative estimate of drug-likeness (QED) is 0.104. The van der Waals surface area contributed by atoms with Gasteiger partial charge in [-0.25, -0.2) is 0 Å². The number of carbonyl (C=O) groups is 3. The van der Waals surface area contributed by atoms with Gasteiger partial charge in [0, 0.05) is 47.1 Å². The molecule has 0 unspecified atom stereocenters. The van der Waals surface area contributed by atoms with Gasteiger partial charge < -0.3 is 20.4 Å². The molecule has 8 heteroatoms. The zero-order valence-electron chi connectivity index (χ0n) is 23.3. The number of aliphatic hydroxyl groups is 1. The van der Waals surface area contributed by atoms with Crippen molar-refractivity contribution in [2.75, 3.05) is 0 Å². The summed E-state index contributed by atoms with van der Waals surface area (Å²) in [4.78, 5) is 30.1. The Hall–Kier alpha value is -0.916. The first-order valence-corrected chi connectivity index (χ1v) is 13.4. The van der Waals surface area contributed by atoms with Crippen LogP contribution < -0.4 is 0 Å². The molecule has 0 aromatic rings. The zero-order chi connectivity index (χ0) is 27.0. The minimum atomic E-state index is -0.670. The van der Waals surface area contributed by atoms with E-state index in [1.54, 1.807) is 13.8 Å². The van der Waals surface area contributed by atoms with Crippen LogP contribution in [-0.4, -0.2) is 44.4 Å². The van der Waals surface area contributed by atoms with Gasteiger partial charge in [0.15, 0.2) is 0 Å². The minimum Gasteiger partial charge on any atom is -0.481 e. The molecule has 0 radical (unpaired) electrons. The van der Waals surface area contributed by atoms with Crippen molar-refractivity contribution in [3.63, 3.8) is 0 Å². The monoisotopic (exact) mass is 540 g/mol. The summed E-state index contributed by atoms with van der Waals surface area (Å²) in [5.74, 6) is -2.01. The number of carboxylic acids is 3. The molecule has 7 nitrogen and oxygen atoms in total. The number of hydrogen-bond acceptors (Lipinski definition) is 4. The molecule has 0 fully saturated rings. The van der Waals surface area contributed by atoms with Crippen LogP contribution in [-0.2, 0) is 36.1 Å². The molecule has 0 aromatic carbocycles. The number of carboxylic acid groups (broad SMARTS) is 3. The van der Waals surface area contributed by atoms with Crippen LogP contribution in [0.1, 0.15) is 150 Å². The van der Waals surface area contributed by atoms with Crippen molar-refractivity contribution in [2.45, 2.75) is 156 Å². The molecule has 0 rings (SSSR count). The largest absolute Gasteiger partial charge is 0.481 e. The summed E-state index contributed by atoms with van der Waals surface area (Å²) in [5.41, 5.74) is 0. The fourth-order valence-electron chi connectivity index (χ4n) is 2.64. The third kappa shape index (κ3) is 79.2. The number of aliphatic carboxylic acids is 3. The van der Waals surface area contributed by atoms with E-state index in [0.29, 0.717) is 19.3 Å². The summed E-state index contributed by atoms with van der Waals surface area (Å²) in [7, 11) is 0. The van der Waals surface area contributed by atoms with Crippen molar-refractivity contribution < 1.29 is 56.5 Å². The van der Waals surface area contributed by atoms with E-state index in [0.717, 1.165) is 38.5 Å². The van der Waals surface area contributed by atoms with Crippen LogP contribution in [0.3, 0.4) is 0 Å². The smallest absolute Gasteiger partial charge is 0.303 e. The van der Waals surface area contributed by atoms with Crippen LogP contribution in [0.15, 0.2) is 0 Å². The van der Waals surface area contributed by atoms with Gasteiger partial charge >= 0.3 is 17.9 Å². The normalized spacial score (nSPS) is 9.34. The molecule has 0 spiro atoms. The maximum Gasteiger partial charge on any atom is 0.303 e. The Balaban J connectivity index is -0.000000118. The van der Waals surface area contributed by atoms with Crippen molar-refractivity contribution in [1.82, 2.24) is 0 Å². The summed E-state index contributed by atoms with van der Waals surface area (Å²) < 4.78 is 0. The molecule has 0 bridgehead atoms. The molecule has 0 saturated heterocycles. The SMILES string of the molecule is CC(C)O.CCCCCCCC(=O)O.CCCCCCCC(=O)O.CCCCCCCC(=O)O.[Ti]. The second-order valence-corrected chi connectivity index (χ2v) is 8.77. The van der Waals surface area contributed by atoms with Crippen LogP contribution in [0.5, 0.6) is 0 Å². The van der Waals surface area contributed by atoms with E-state index in [-0.39, 0.29) is 27.8 Å². The third-order valence-corrected chi connectivity index (χ3v) is 4.48. The molecule has 0 saturated carbocycles. The van der Waals surface area contributed by atoms with E-state index in [4.69, 9.17) is 20.4 Å². The van der Waals surface area contributed by atoms with E-state index in [1.165, 1.54) is 57.8 Å². The van der Waals surface area contributed by atoms with E-state index >= 15 is 0 Å². The zero-order valence-corrected chi connectivity index (χ0v) is 24.9. The van der Waals surface area contributed by atoms with Crippen LogP contribution >= 0.6 is 0 Å². The van der Waals surface area contributed by atoms with Gasteiger partial charge in [-0.3, -0.25) is 14.4 Å². The molecule has 0 atom stereocenters. The molecule has 0 aliphatic rings. The Morgan fingerprint density at radius 2 is 0.657 bits per heavy atom. The van der Waals surface area contributed by atoms with Gasteiger partial charge in [0.2, 0.25) is 0 Å². The maximum absolute atomic E-state index is 10.0. The first-order chi connectivity index (χ1) is 16.0. The third-order valence-electron chi connectivity index (χ3n) is 4.48. The van der Waals surface area contributed by atoms with Gasteiger partial charge in [-0.1, -0.05) is 97.8 Å². The van der Waals surface area contributed by atoms with Crippen LogP contribution in [0.2, 0.25) is 0 Å². The molecule has 0 aromatic heterocycles. The van der Waals surface area contributed by atoms with Gasteiger partial charge in [-0.15, -0.1) is 0 Å². The average molecular weight is 541 g/mol. The molecule has 0 aliphatic carbocycles. The Kier molecular flexibility index (Phi) is 50.7. The Labute approximate surface area is 230 Å². The molecule has 0 heterocycles. The maximum atomic E-state index is 10.0. The fraction of sp³-hybridized carbons (Fsp3) is 0.889. The summed E-state index contributed by atoms with van der Waals surface area (Å²) in [5, 5.41) is 32.9. The molecular weight excluding hydrogens is 484 g/mol. The first-order valence-electron chi connectivity index (χ1n) is 13.4. The molecule has 210 valence electrons. The van der Waals surface area contributed by atoms with Gasteiger partial charge in [-0.2, -0.15) is 0 Å². The van der Waals surface area contributed by atoms with Crippen LogP contribution in [0, 0.1) is 0 Å². The van der Waals surface area contributed by atoms with E-state index in [2.05, 4.69) is 20.8 Å². The van der Waals surface area contributed by atoms with E-state index < -0.39 is 17.9 Å². The predicted molar refractivity (Wildman–Crippen MR) is 140 cm³/mol. The van der Waals surface area contributed by atoms with E-state index in [1.807, 2.05) is 0 Å². The summed E-state index contributed by atoms with van der Waals surface area (Å²) in [6, 6.07) is 0. The molecule has 0 amide bonds. The van der Waals surface area contributed by atoms with Crippen molar-refractivity contribution >= 4 is 17.9 Å². The topological polar surface area (TPSA) is 132 Å². The summed E-state index contributed by atoms with van der Waals surface area (Å²) >= 11 is 0. The van der Waals surface area contributed by atoms with Gasteiger partial charge in [0.25, 0.3) is 0 Å². The predicted octanol–water partition coefficient (Wildman–Crippen LogP) is 7.68. The van der Waals surface area contributed by atoms with Crippen LogP contribution in [0.4, 0.5) is 0 Å². The van der Waals surface area contributed by atoms with Gasteiger partial charge in [0.1, 0.15) is 0 Å². The minimum absolute atomic E-state index is 0. The molecular formula is C27H56O7Ti. The van der Waals surface area contributed by atoms with Gasteiger partial charge in [0.05, 0.1) is 0 Å². The number of aliphatic hydroxyl groups excluding tert-OH is 1. The number of rotatable bonds is 18. The standard InChI is InChI=1S/3C8H16O2.C3H8O.Ti/c3*1-2-3-4-5-6-7-8(9)10;1-3(2)4;/h3*2-7H2,1H3,(H,9,10);3-4H,1-2H3;. The van der Waals surface area contributed by atoms with E-state index in [9.17, 15) is 14.4 Å². The fourth-order valence-corrected chi connectivity index (χ4v) is 2.64. The average Bonchev–Trinajstić information content (AvgIpc) is 2.73. The van der Waals surface area contributed by atoms with Crippen molar-refractivity contribution in [3.05, 3.63) is 0 Å². The number of unbranched alkanes of at least 4 members (excludes halogenated alkanes) is 12. The van der Waals surface area contributed by atoms with Crippen molar-refractivity contribution in [2.24, 2.45) is 0 Å². The Morgan fingerprint density at radius 1 is 0.486 bits per heavy atom. The number of hydrogen-bond donors (Lipinski definition) is 4. The second kappa shape index (κ2) is 40.3. The molecule has 35 heavy (non-hydrogen) atoms. The van der Waals surface area contributed by atoms with Crippen molar-refractivity contribution in [3.8, 4) is 0 Å². The molecule has 4 N–H and O–H groups in total. The van der Waals surface area contributed by atoms with Gasteiger partial charge in [-0.05, 0) is 33.1 Å². The van der Waals surface area contributed by atoms with Crippen molar-refractivity contribution in [1.29, 1.82) is 0 Å².